The van der Waals surface area contributed by atoms with Crippen LogP contribution >= 0.6 is 24.0 Å². The molecular weight excluding hydrogens is 451 g/mol. The molecule has 1 rings (SSSR count). The van der Waals surface area contributed by atoms with Crippen molar-refractivity contribution in [3.8, 4) is 0 Å². The molecule has 25 heavy (non-hydrogen) atoms. The first-order chi connectivity index (χ1) is 11.2. The Bertz CT molecular complexity index is 631. The fourth-order valence-electron chi connectivity index (χ4n) is 2.35. The monoisotopic (exact) mass is 482 g/mol. The van der Waals surface area contributed by atoms with Crippen molar-refractivity contribution in [2.24, 2.45) is 21.8 Å². The van der Waals surface area contributed by atoms with Crippen LogP contribution in [-0.2, 0) is 16.4 Å². The molecule has 0 aromatic heterocycles. The molecule has 0 saturated carbocycles. The first-order valence-corrected chi connectivity index (χ1v) is 9.91. The predicted octanol–water partition coefficient (Wildman–Crippen LogP) is 2.61. The number of halogens is 1. The number of nitrogens with two attached hydrogens (primary N) is 2. The number of aliphatic imine (C=N–C) groups is 1. The zero-order valence-electron chi connectivity index (χ0n) is 15.2. The summed E-state index contributed by atoms with van der Waals surface area (Å²) in [6, 6.07) is 6.81. The Hall–Kier alpha value is -0.870. The minimum atomic E-state index is -3.64. The fourth-order valence-corrected chi connectivity index (χ4v) is 2.87. The van der Waals surface area contributed by atoms with Crippen LogP contribution in [0.2, 0.25) is 0 Å². The van der Waals surface area contributed by atoms with Gasteiger partial charge in [0.1, 0.15) is 0 Å². The highest BCUT2D eigenvalue weighted by atomic mass is 127. The average Bonchev–Trinajstić information content (AvgIpc) is 2.46. The van der Waals surface area contributed by atoms with E-state index in [-0.39, 0.29) is 28.9 Å². The molecule has 0 aliphatic carbocycles. The standard InChI is InChI=1S/C17H30N4O2S.HI/c1-13(2)5-4-6-14(3)21-17(18)20-12-11-15-7-9-16(10-8-15)24(19,22)23;/h7-10,13-14H,4-6,11-12H2,1-3H3,(H3,18,20,21)(H2,19,22,23);1H. The third kappa shape index (κ3) is 10.7. The largest absolute Gasteiger partial charge is 0.370 e. The van der Waals surface area contributed by atoms with Gasteiger partial charge in [0.2, 0.25) is 10.0 Å². The number of rotatable bonds is 9. The van der Waals surface area contributed by atoms with Crippen molar-refractivity contribution in [2.75, 3.05) is 6.54 Å². The number of hydrogen-bond donors (Lipinski definition) is 3. The van der Waals surface area contributed by atoms with E-state index >= 15 is 0 Å². The molecule has 1 unspecified atom stereocenters. The maximum absolute atomic E-state index is 11.2. The topological polar surface area (TPSA) is 111 Å². The highest BCUT2D eigenvalue weighted by molar-refractivity contribution is 14.0. The van der Waals surface area contributed by atoms with Crippen molar-refractivity contribution in [1.82, 2.24) is 5.32 Å². The van der Waals surface area contributed by atoms with Gasteiger partial charge in [-0.2, -0.15) is 0 Å². The van der Waals surface area contributed by atoms with Gasteiger partial charge in [0.05, 0.1) is 4.90 Å². The van der Waals surface area contributed by atoms with E-state index in [0.29, 0.717) is 25.0 Å². The Morgan fingerprint density at radius 2 is 1.76 bits per heavy atom. The maximum atomic E-state index is 11.2. The number of guanidine groups is 1. The molecule has 6 nitrogen and oxygen atoms in total. The van der Waals surface area contributed by atoms with Crippen LogP contribution in [0.5, 0.6) is 0 Å². The second-order valence-electron chi connectivity index (χ2n) is 6.58. The highest BCUT2D eigenvalue weighted by Crippen LogP contribution is 2.09. The molecule has 1 atom stereocenters. The van der Waals surface area contributed by atoms with Gasteiger partial charge in [-0.3, -0.25) is 4.99 Å². The van der Waals surface area contributed by atoms with Crippen molar-refractivity contribution >= 4 is 40.0 Å². The molecule has 0 fully saturated rings. The Balaban J connectivity index is 0.00000576. The summed E-state index contributed by atoms with van der Waals surface area (Å²) in [7, 11) is -3.64. The van der Waals surface area contributed by atoms with Crippen LogP contribution in [0, 0.1) is 5.92 Å². The number of benzene rings is 1. The van der Waals surface area contributed by atoms with E-state index in [1.54, 1.807) is 12.1 Å². The van der Waals surface area contributed by atoms with Gasteiger partial charge in [0, 0.05) is 12.6 Å². The van der Waals surface area contributed by atoms with Crippen LogP contribution in [0.15, 0.2) is 34.2 Å². The lowest BCUT2D eigenvalue weighted by atomic mass is 10.0. The summed E-state index contributed by atoms with van der Waals surface area (Å²) in [6.07, 6.45) is 4.16. The van der Waals surface area contributed by atoms with E-state index in [0.717, 1.165) is 17.9 Å². The highest BCUT2D eigenvalue weighted by Gasteiger charge is 2.07. The first kappa shape index (κ1) is 24.1. The third-order valence-electron chi connectivity index (χ3n) is 3.75. The summed E-state index contributed by atoms with van der Waals surface area (Å²) in [5, 5.41) is 8.27. The zero-order chi connectivity index (χ0) is 18.2. The van der Waals surface area contributed by atoms with Crippen LogP contribution < -0.4 is 16.2 Å². The minimum Gasteiger partial charge on any atom is -0.370 e. The van der Waals surface area contributed by atoms with Gasteiger partial charge in [0.25, 0.3) is 0 Å². The second kappa shape index (κ2) is 11.7. The summed E-state index contributed by atoms with van der Waals surface area (Å²) >= 11 is 0. The normalized spacial score (nSPS) is 13.4. The van der Waals surface area contributed by atoms with Crippen LogP contribution in [0.25, 0.3) is 0 Å². The van der Waals surface area contributed by atoms with Crippen LogP contribution in [0.1, 0.15) is 45.6 Å². The Labute approximate surface area is 168 Å². The molecule has 0 bridgehead atoms. The lowest BCUT2D eigenvalue weighted by molar-refractivity contribution is 0.493. The van der Waals surface area contributed by atoms with Gasteiger partial charge in [-0.05, 0) is 43.4 Å². The average molecular weight is 482 g/mol. The Morgan fingerprint density at radius 3 is 2.28 bits per heavy atom. The van der Waals surface area contributed by atoms with Gasteiger partial charge in [-0.1, -0.05) is 38.8 Å². The van der Waals surface area contributed by atoms with Crippen molar-refractivity contribution in [2.45, 2.75) is 57.4 Å². The maximum Gasteiger partial charge on any atom is 0.238 e. The molecule has 144 valence electrons. The van der Waals surface area contributed by atoms with Gasteiger partial charge >= 0.3 is 0 Å². The van der Waals surface area contributed by atoms with E-state index < -0.39 is 10.0 Å². The Kier molecular flexibility index (Phi) is 11.3. The summed E-state index contributed by atoms with van der Waals surface area (Å²) in [5.74, 6) is 1.18. The molecule has 8 heteroatoms. The minimum absolute atomic E-state index is 0. The third-order valence-corrected chi connectivity index (χ3v) is 4.68. The van der Waals surface area contributed by atoms with E-state index in [9.17, 15) is 8.42 Å². The van der Waals surface area contributed by atoms with E-state index in [4.69, 9.17) is 10.9 Å². The van der Waals surface area contributed by atoms with Gasteiger partial charge in [-0.25, -0.2) is 13.6 Å². The number of hydrogen-bond acceptors (Lipinski definition) is 3. The van der Waals surface area contributed by atoms with E-state index in [1.165, 1.54) is 25.0 Å². The molecule has 0 radical (unpaired) electrons. The number of nitrogens with one attached hydrogen (secondary N) is 1. The Morgan fingerprint density at radius 1 is 1.16 bits per heavy atom. The molecule has 1 aromatic rings. The van der Waals surface area contributed by atoms with Crippen LogP contribution in [0.4, 0.5) is 0 Å². The fraction of sp³-hybridized carbons (Fsp3) is 0.588. The molecule has 5 N–H and O–H groups in total. The lowest BCUT2D eigenvalue weighted by Crippen LogP contribution is -2.38. The smallest absolute Gasteiger partial charge is 0.238 e. The number of primary sulfonamides is 1. The molecule has 0 saturated heterocycles. The quantitative estimate of drug-likeness (QED) is 0.286. The van der Waals surface area contributed by atoms with E-state index in [2.05, 4.69) is 31.1 Å². The number of sulfonamides is 1. The molecule has 0 spiro atoms. The van der Waals surface area contributed by atoms with Crippen LogP contribution in [0.3, 0.4) is 0 Å². The molecule has 1 aromatic carbocycles. The molecular formula is C17H31IN4O2S. The second-order valence-corrected chi connectivity index (χ2v) is 8.14. The van der Waals surface area contributed by atoms with Gasteiger partial charge in [-0.15, -0.1) is 24.0 Å². The van der Waals surface area contributed by atoms with Crippen molar-refractivity contribution in [1.29, 1.82) is 0 Å². The van der Waals surface area contributed by atoms with Gasteiger partial charge in [0.15, 0.2) is 5.96 Å². The molecule has 0 aliphatic rings. The van der Waals surface area contributed by atoms with Crippen LogP contribution in [-0.4, -0.2) is 27.0 Å². The molecule has 0 amide bonds. The molecule has 0 heterocycles. The van der Waals surface area contributed by atoms with Crippen molar-refractivity contribution < 1.29 is 8.42 Å². The molecule has 0 aliphatic heterocycles. The predicted molar refractivity (Wildman–Crippen MR) is 115 cm³/mol. The van der Waals surface area contributed by atoms with Crippen molar-refractivity contribution in [3.05, 3.63) is 29.8 Å². The summed E-state index contributed by atoms with van der Waals surface area (Å²) in [4.78, 5) is 4.43. The lowest BCUT2D eigenvalue weighted by Gasteiger charge is -2.15. The SMILES string of the molecule is CC(C)CCCC(C)NC(N)=NCCc1ccc(S(N)(=O)=O)cc1.I. The summed E-state index contributed by atoms with van der Waals surface area (Å²) < 4.78 is 22.4. The summed E-state index contributed by atoms with van der Waals surface area (Å²) in [6.45, 7) is 7.10. The zero-order valence-corrected chi connectivity index (χ0v) is 18.4. The first-order valence-electron chi connectivity index (χ1n) is 8.36. The number of nitrogens with zero attached hydrogens (tertiary/aromatic N) is 1. The van der Waals surface area contributed by atoms with Crippen molar-refractivity contribution in [3.63, 3.8) is 0 Å². The summed E-state index contributed by atoms with van der Waals surface area (Å²) in [5.41, 5.74) is 6.88. The van der Waals surface area contributed by atoms with E-state index in [1.807, 2.05) is 0 Å². The van der Waals surface area contributed by atoms with Gasteiger partial charge < -0.3 is 11.1 Å².